The number of aromatic nitrogens is 2. The van der Waals surface area contributed by atoms with Crippen LogP contribution in [0.25, 0.3) is 0 Å². The molecule has 2 aromatic rings. The van der Waals surface area contributed by atoms with Gasteiger partial charge in [-0.25, -0.2) is 4.98 Å². The van der Waals surface area contributed by atoms with Crippen molar-refractivity contribution in [3.05, 3.63) is 30.1 Å². The molecule has 106 valence electrons. The van der Waals surface area contributed by atoms with Crippen LogP contribution in [0, 0.1) is 6.92 Å². The van der Waals surface area contributed by atoms with E-state index in [1.165, 1.54) is 11.5 Å². The van der Waals surface area contributed by atoms with E-state index < -0.39 is 0 Å². The van der Waals surface area contributed by atoms with Crippen LogP contribution in [0.2, 0.25) is 0 Å². The maximum atomic E-state index is 11.7. The van der Waals surface area contributed by atoms with Gasteiger partial charge in [-0.2, -0.15) is 4.37 Å². The summed E-state index contributed by atoms with van der Waals surface area (Å²) in [5.74, 6) is 1.69. The third-order valence-electron chi connectivity index (χ3n) is 2.48. The zero-order valence-electron chi connectivity index (χ0n) is 11.1. The molecule has 0 aliphatic heterocycles. The number of nitrogens with zero attached hydrogens (tertiary/aromatic N) is 2. The summed E-state index contributed by atoms with van der Waals surface area (Å²) in [6.07, 6.45) is 1.30. The smallest absolute Gasteiger partial charge is 0.224 e. The van der Waals surface area contributed by atoms with Crippen LogP contribution in [-0.2, 0) is 4.79 Å². The monoisotopic (exact) mass is 308 g/mol. The van der Waals surface area contributed by atoms with E-state index in [4.69, 9.17) is 5.73 Å². The molecule has 0 saturated heterocycles. The average Bonchev–Trinajstić information content (AvgIpc) is 2.83. The van der Waals surface area contributed by atoms with E-state index in [2.05, 4.69) is 14.7 Å². The van der Waals surface area contributed by atoms with Crippen LogP contribution in [0.3, 0.4) is 0 Å². The first-order valence-electron chi connectivity index (χ1n) is 6.22. The topological polar surface area (TPSA) is 80.9 Å². The van der Waals surface area contributed by atoms with Crippen LogP contribution in [0.5, 0.6) is 0 Å². The summed E-state index contributed by atoms with van der Waals surface area (Å²) in [4.78, 5) is 16.0. The highest BCUT2D eigenvalue weighted by Gasteiger charge is 2.04. The highest BCUT2D eigenvalue weighted by Crippen LogP contribution is 2.21. The van der Waals surface area contributed by atoms with Crippen molar-refractivity contribution >= 4 is 40.6 Å². The molecule has 0 atom stereocenters. The Morgan fingerprint density at radius 1 is 1.40 bits per heavy atom. The number of amides is 1. The van der Waals surface area contributed by atoms with Crippen molar-refractivity contribution in [2.45, 2.75) is 24.1 Å². The molecule has 0 bridgehead atoms. The lowest BCUT2D eigenvalue weighted by atomic mass is 10.2. The molecule has 2 rings (SSSR count). The molecule has 0 spiro atoms. The van der Waals surface area contributed by atoms with Gasteiger partial charge in [0.05, 0.1) is 0 Å². The lowest BCUT2D eigenvalue weighted by Crippen LogP contribution is -2.11. The average molecular weight is 308 g/mol. The number of benzene rings is 1. The fraction of sp³-hybridized carbons (Fsp3) is 0.308. The Morgan fingerprint density at radius 2 is 2.15 bits per heavy atom. The molecule has 1 amide bonds. The Kier molecular flexibility index (Phi) is 5.37. The molecule has 0 fully saturated rings. The Hall–Kier alpha value is -1.60. The highest BCUT2D eigenvalue weighted by atomic mass is 32.2. The second-order valence-corrected chi connectivity index (χ2v) is 6.32. The number of aryl methyl sites for hydroxylation is 1. The number of hydrogen-bond donors (Lipinski definition) is 2. The van der Waals surface area contributed by atoms with E-state index in [9.17, 15) is 4.79 Å². The summed E-state index contributed by atoms with van der Waals surface area (Å²) in [5, 5.41) is 2.84. The highest BCUT2D eigenvalue weighted by molar-refractivity contribution is 8.00. The molecule has 0 aliphatic rings. The van der Waals surface area contributed by atoms with Crippen molar-refractivity contribution in [3.8, 4) is 0 Å². The maximum Gasteiger partial charge on any atom is 0.224 e. The third-order valence-corrected chi connectivity index (χ3v) is 4.49. The number of carbonyl (C=O) groups is 1. The lowest BCUT2D eigenvalue weighted by molar-refractivity contribution is -0.116. The van der Waals surface area contributed by atoms with Crippen LogP contribution in [-0.4, -0.2) is 21.0 Å². The van der Waals surface area contributed by atoms with Gasteiger partial charge in [-0.05, 0) is 49.1 Å². The predicted molar refractivity (Wildman–Crippen MR) is 84.1 cm³/mol. The van der Waals surface area contributed by atoms with Gasteiger partial charge in [0.2, 0.25) is 5.91 Å². The zero-order valence-corrected chi connectivity index (χ0v) is 12.8. The molecular weight excluding hydrogens is 292 g/mol. The number of carbonyl (C=O) groups excluding carboxylic acids is 1. The van der Waals surface area contributed by atoms with E-state index in [0.29, 0.717) is 12.1 Å². The molecule has 20 heavy (non-hydrogen) atoms. The van der Waals surface area contributed by atoms with Gasteiger partial charge in [-0.1, -0.05) is 11.8 Å². The second-order valence-electron chi connectivity index (χ2n) is 4.23. The molecule has 7 heteroatoms. The van der Waals surface area contributed by atoms with Crippen LogP contribution >= 0.6 is 23.3 Å². The SMILES string of the molecule is Cc1nsc(SCCCC(=O)Nc2ccc(N)cc2)n1. The third kappa shape index (κ3) is 4.82. The summed E-state index contributed by atoms with van der Waals surface area (Å²) in [6.45, 7) is 1.88. The van der Waals surface area contributed by atoms with Crippen molar-refractivity contribution < 1.29 is 4.79 Å². The van der Waals surface area contributed by atoms with Gasteiger partial charge in [0.15, 0.2) is 4.34 Å². The van der Waals surface area contributed by atoms with Crippen molar-refractivity contribution in [2.24, 2.45) is 0 Å². The minimum atomic E-state index is 0.0174. The molecule has 0 saturated carbocycles. The number of thioether (sulfide) groups is 1. The lowest BCUT2D eigenvalue weighted by Gasteiger charge is -2.05. The molecule has 1 aromatic heterocycles. The van der Waals surface area contributed by atoms with Crippen molar-refractivity contribution in [3.63, 3.8) is 0 Å². The summed E-state index contributed by atoms with van der Waals surface area (Å²) >= 11 is 3.04. The number of nitrogen functional groups attached to an aromatic ring is 1. The standard InChI is InChI=1S/C13H16N4OS2/c1-9-15-13(20-17-9)19-8-2-3-12(18)16-11-6-4-10(14)5-7-11/h4-7H,2-3,8,14H2,1H3,(H,16,18). The zero-order chi connectivity index (χ0) is 14.4. The van der Waals surface area contributed by atoms with Gasteiger partial charge < -0.3 is 11.1 Å². The quantitative estimate of drug-likeness (QED) is 0.487. The number of anilines is 2. The van der Waals surface area contributed by atoms with Gasteiger partial charge in [-0.3, -0.25) is 4.79 Å². The van der Waals surface area contributed by atoms with E-state index >= 15 is 0 Å². The first kappa shape index (κ1) is 14.8. The van der Waals surface area contributed by atoms with Gasteiger partial charge >= 0.3 is 0 Å². The molecule has 3 N–H and O–H groups in total. The van der Waals surface area contributed by atoms with E-state index in [-0.39, 0.29) is 5.91 Å². The first-order valence-corrected chi connectivity index (χ1v) is 7.98. The molecule has 0 radical (unpaired) electrons. The molecule has 0 aliphatic carbocycles. The summed E-state index contributed by atoms with van der Waals surface area (Å²) in [5.41, 5.74) is 7.05. The molecule has 1 heterocycles. The molecule has 0 unspecified atom stereocenters. The summed E-state index contributed by atoms with van der Waals surface area (Å²) < 4.78 is 5.07. The normalized spacial score (nSPS) is 10.4. The van der Waals surface area contributed by atoms with E-state index in [1.807, 2.05) is 6.92 Å². The van der Waals surface area contributed by atoms with Crippen LogP contribution in [0.15, 0.2) is 28.6 Å². The van der Waals surface area contributed by atoms with E-state index in [0.717, 1.165) is 28.0 Å². The Bertz CT molecular complexity index is 568. The van der Waals surface area contributed by atoms with Crippen molar-refractivity contribution in [2.75, 3.05) is 16.8 Å². The Labute approximate surface area is 126 Å². The van der Waals surface area contributed by atoms with Gasteiger partial charge in [0, 0.05) is 23.5 Å². The first-order chi connectivity index (χ1) is 9.63. The Balaban J connectivity index is 1.66. The van der Waals surface area contributed by atoms with Crippen LogP contribution in [0.1, 0.15) is 18.7 Å². The van der Waals surface area contributed by atoms with Crippen molar-refractivity contribution in [1.82, 2.24) is 9.36 Å². The van der Waals surface area contributed by atoms with Gasteiger partial charge in [-0.15, -0.1) is 0 Å². The second kappa shape index (κ2) is 7.25. The largest absolute Gasteiger partial charge is 0.399 e. The van der Waals surface area contributed by atoms with Crippen LogP contribution in [0.4, 0.5) is 11.4 Å². The minimum Gasteiger partial charge on any atom is -0.399 e. The maximum absolute atomic E-state index is 11.7. The molecule has 1 aromatic carbocycles. The number of hydrogen-bond acceptors (Lipinski definition) is 6. The summed E-state index contributed by atoms with van der Waals surface area (Å²) in [6, 6.07) is 7.13. The van der Waals surface area contributed by atoms with Crippen LogP contribution < -0.4 is 11.1 Å². The molecule has 5 nitrogen and oxygen atoms in total. The van der Waals surface area contributed by atoms with Gasteiger partial charge in [0.1, 0.15) is 5.82 Å². The number of nitrogens with one attached hydrogen (secondary N) is 1. The fourth-order valence-corrected chi connectivity index (χ4v) is 3.18. The van der Waals surface area contributed by atoms with Gasteiger partial charge in [0.25, 0.3) is 0 Å². The minimum absolute atomic E-state index is 0.0174. The number of nitrogens with two attached hydrogens (primary N) is 1. The summed E-state index contributed by atoms with van der Waals surface area (Å²) in [7, 11) is 0. The van der Waals surface area contributed by atoms with E-state index in [1.54, 1.807) is 36.0 Å². The fourth-order valence-electron chi connectivity index (χ4n) is 1.52. The number of rotatable bonds is 6. The Morgan fingerprint density at radius 3 is 2.80 bits per heavy atom. The predicted octanol–water partition coefficient (Wildman–Crippen LogP) is 2.94. The molecular formula is C13H16N4OS2. The van der Waals surface area contributed by atoms with Crippen molar-refractivity contribution in [1.29, 1.82) is 0 Å².